The number of ether oxygens (including phenoxy) is 1. The molecule has 1 fully saturated rings. The molecule has 5 heteroatoms. The molecule has 0 unspecified atom stereocenters. The van der Waals surface area contributed by atoms with Gasteiger partial charge in [0.2, 0.25) is 0 Å². The van der Waals surface area contributed by atoms with Crippen LogP contribution in [0.2, 0.25) is 0 Å². The van der Waals surface area contributed by atoms with E-state index in [-0.39, 0.29) is 12.0 Å². The van der Waals surface area contributed by atoms with Crippen LogP contribution in [0.15, 0.2) is 34.9 Å². The lowest BCUT2D eigenvalue weighted by Gasteiger charge is -2.12. The summed E-state index contributed by atoms with van der Waals surface area (Å²) in [5, 5.41) is 3.89. The van der Waals surface area contributed by atoms with Crippen LogP contribution in [0.3, 0.4) is 0 Å². The van der Waals surface area contributed by atoms with Crippen molar-refractivity contribution in [3.05, 3.63) is 34.9 Å². The highest BCUT2D eigenvalue weighted by Crippen LogP contribution is 2.28. The largest absolute Gasteiger partial charge is 0.368 e. The van der Waals surface area contributed by atoms with Crippen LogP contribution in [-0.2, 0) is 9.53 Å². The van der Waals surface area contributed by atoms with Crippen molar-refractivity contribution in [3.63, 3.8) is 0 Å². The molecule has 0 bridgehead atoms. The number of fused-ring (bicyclic) bond motifs is 1. The van der Waals surface area contributed by atoms with E-state index in [1.165, 1.54) is 0 Å². The first-order valence-corrected chi connectivity index (χ1v) is 7.01. The average Bonchev–Trinajstić information content (AvgIpc) is 2.96. The second-order valence-electron chi connectivity index (χ2n) is 4.49. The Hall–Kier alpha value is -1.46. The van der Waals surface area contributed by atoms with Gasteiger partial charge in [0.25, 0.3) is 5.91 Å². The lowest BCUT2D eigenvalue weighted by Crippen LogP contribution is -2.27. The fourth-order valence-electron chi connectivity index (χ4n) is 2.24. The Labute approximate surface area is 119 Å². The molecule has 1 N–H and O–H groups in total. The van der Waals surface area contributed by atoms with Crippen molar-refractivity contribution in [3.8, 4) is 0 Å². The normalized spacial score (nSPS) is 18.7. The van der Waals surface area contributed by atoms with Crippen LogP contribution >= 0.6 is 15.9 Å². The maximum absolute atomic E-state index is 12.1. The molecule has 2 heterocycles. The highest BCUT2D eigenvalue weighted by molar-refractivity contribution is 9.10. The van der Waals surface area contributed by atoms with Crippen LogP contribution in [0.4, 0.5) is 5.69 Å². The Bertz CT molecular complexity index is 624. The summed E-state index contributed by atoms with van der Waals surface area (Å²) >= 11 is 3.49. The zero-order chi connectivity index (χ0) is 13.2. The maximum Gasteiger partial charge on any atom is 0.253 e. The van der Waals surface area contributed by atoms with E-state index in [0.29, 0.717) is 6.61 Å². The smallest absolute Gasteiger partial charge is 0.253 e. The summed E-state index contributed by atoms with van der Waals surface area (Å²) in [6.07, 6.45) is 3.11. The minimum atomic E-state index is -0.331. The Morgan fingerprint density at radius 1 is 1.42 bits per heavy atom. The van der Waals surface area contributed by atoms with Gasteiger partial charge >= 0.3 is 0 Å². The zero-order valence-corrected chi connectivity index (χ0v) is 11.8. The summed E-state index contributed by atoms with van der Waals surface area (Å²) in [4.78, 5) is 16.4. The zero-order valence-electron chi connectivity index (χ0n) is 10.2. The summed E-state index contributed by atoms with van der Waals surface area (Å²) in [5.41, 5.74) is 1.50. The van der Waals surface area contributed by atoms with Crippen LogP contribution < -0.4 is 5.32 Å². The molecule has 1 aromatic carbocycles. The number of carbonyl (C=O) groups excluding carboxylic acids is 1. The van der Waals surface area contributed by atoms with E-state index in [0.717, 1.165) is 33.9 Å². The van der Waals surface area contributed by atoms with E-state index < -0.39 is 0 Å². The van der Waals surface area contributed by atoms with Gasteiger partial charge in [-0.15, -0.1) is 0 Å². The highest BCUT2D eigenvalue weighted by Gasteiger charge is 2.24. The number of carbonyl (C=O) groups is 1. The first-order valence-electron chi connectivity index (χ1n) is 6.21. The fourth-order valence-corrected chi connectivity index (χ4v) is 2.69. The average molecular weight is 321 g/mol. The van der Waals surface area contributed by atoms with Gasteiger partial charge in [-0.05, 0) is 31.0 Å². The van der Waals surface area contributed by atoms with E-state index in [1.54, 1.807) is 6.20 Å². The number of hydrogen-bond acceptors (Lipinski definition) is 3. The molecule has 2 aromatic rings. The molecule has 98 valence electrons. The predicted molar refractivity (Wildman–Crippen MR) is 77.0 cm³/mol. The number of pyridine rings is 1. The molecule has 0 spiro atoms. The Balaban J connectivity index is 1.92. The number of amides is 1. The van der Waals surface area contributed by atoms with Crippen molar-refractivity contribution in [1.82, 2.24) is 4.98 Å². The molecular weight excluding hydrogens is 308 g/mol. The molecule has 1 aromatic heterocycles. The van der Waals surface area contributed by atoms with Crippen molar-refractivity contribution in [1.29, 1.82) is 0 Å². The van der Waals surface area contributed by atoms with Gasteiger partial charge in [0.1, 0.15) is 6.10 Å². The van der Waals surface area contributed by atoms with Gasteiger partial charge in [-0.3, -0.25) is 9.78 Å². The SMILES string of the molecule is O=C(Nc1ccc(Br)c2cccnc12)[C@H]1CCCO1. The third-order valence-corrected chi connectivity index (χ3v) is 3.89. The first-order chi connectivity index (χ1) is 9.25. The second-order valence-corrected chi connectivity index (χ2v) is 5.34. The summed E-state index contributed by atoms with van der Waals surface area (Å²) in [6, 6.07) is 7.61. The third kappa shape index (κ3) is 2.48. The van der Waals surface area contributed by atoms with Crippen molar-refractivity contribution in [2.75, 3.05) is 11.9 Å². The van der Waals surface area contributed by atoms with E-state index >= 15 is 0 Å². The molecule has 1 saturated heterocycles. The standard InChI is InChI=1S/C14H13BrN2O2/c15-10-5-6-11(13-9(10)3-1-7-16-13)17-14(18)12-4-2-8-19-12/h1,3,5-7,12H,2,4,8H2,(H,17,18)/t12-/m1/s1. The number of rotatable bonds is 2. The summed E-state index contributed by atoms with van der Waals surface area (Å²) in [5.74, 6) is -0.0909. The third-order valence-electron chi connectivity index (χ3n) is 3.20. The number of benzene rings is 1. The van der Waals surface area contributed by atoms with Gasteiger partial charge in [-0.1, -0.05) is 22.0 Å². The van der Waals surface area contributed by atoms with Crippen molar-refractivity contribution in [2.24, 2.45) is 0 Å². The molecule has 0 aliphatic carbocycles. The molecule has 1 amide bonds. The Kier molecular flexibility index (Phi) is 3.48. The van der Waals surface area contributed by atoms with E-state index in [4.69, 9.17) is 4.74 Å². The minimum Gasteiger partial charge on any atom is -0.368 e. The highest BCUT2D eigenvalue weighted by atomic mass is 79.9. The van der Waals surface area contributed by atoms with Crippen LogP contribution in [0, 0.1) is 0 Å². The monoisotopic (exact) mass is 320 g/mol. The molecule has 0 saturated carbocycles. The molecule has 3 rings (SSSR count). The number of aromatic nitrogens is 1. The minimum absolute atomic E-state index is 0.0909. The molecule has 0 radical (unpaired) electrons. The van der Waals surface area contributed by atoms with Gasteiger partial charge in [0.05, 0.1) is 11.2 Å². The molecular formula is C14H13BrN2O2. The lowest BCUT2D eigenvalue weighted by atomic mass is 10.1. The van der Waals surface area contributed by atoms with E-state index in [1.807, 2.05) is 24.3 Å². The predicted octanol–water partition coefficient (Wildman–Crippen LogP) is 3.11. The van der Waals surface area contributed by atoms with Crippen molar-refractivity contribution >= 4 is 38.4 Å². The summed E-state index contributed by atoms with van der Waals surface area (Å²) < 4.78 is 6.34. The molecule has 19 heavy (non-hydrogen) atoms. The topological polar surface area (TPSA) is 51.2 Å². The summed E-state index contributed by atoms with van der Waals surface area (Å²) in [6.45, 7) is 0.664. The molecule has 1 aliphatic rings. The van der Waals surface area contributed by atoms with Gasteiger partial charge in [-0.2, -0.15) is 0 Å². The van der Waals surface area contributed by atoms with Crippen LogP contribution in [0.25, 0.3) is 10.9 Å². The van der Waals surface area contributed by atoms with Gasteiger partial charge in [0.15, 0.2) is 0 Å². The number of nitrogens with one attached hydrogen (secondary N) is 1. The fraction of sp³-hybridized carbons (Fsp3) is 0.286. The Morgan fingerprint density at radius 2 is 2.32 bits per heavy atom. The lowest BCUT2D eigenvalue weighted by molar-refractivity contribution is -0.124. The second kappa shape index (κ2) is 5.27. The molecule has 1 atom stereocenters. The molecule has 1 aliphatic heterocycles. The number of nitrogens with zero attached hydrogens (tertiary/aromatic N) is 1. The van der Waals surface area contributed by atoms with Crippen LogP contribution in [0.5, 0.6) is 0 Å². The molecule has 4 nitrogen and oxygen atoms in total. The Morgan fingerprint density at radius 3 is 3.11 bits per heavy atom. The maximum atomic E-state index is 12.1. The van der Waals surface area contributed by atoms with Gasteiger partial charge < -0.3 is 10.1 Å². The van der Waals surface area contributed by atoms with Crippen molar-refractivity contribution in [2.45, 2.75) is 18.9 Å². The van der Waals surface area contributed by atoms with E-state index in [2.05, 4.69) is 26.2 Å². The van der Waals surface area contributed by atoms with Gasteiger partial charge in [-0.25, -0.2) is 0 Å². The van der Waals surface area contributed by atoms with Crippen molar-refractivity contribution < 1.29 is 9.53 Å². The van der Waals surface area contributed by atoms with Crippen LogP contribution in [0.1, 0.15) is 12.8 Å². The summed E-state index contributed by atoms with van der Waals surface area (Å²) in [7, 11) is 0. The van der Waals surface area contributed by atoms with Gasteiger partial charge in [0, 0.05) is 22.7 Å². The van der Waals surface area contributed by atoms with Crippen LogP contribution in [-0.4, -0.2) is 23.6 Å². The number of halogens is 1. The first kappa shape index (κ1) is 12.6. The quantitative estimate of drug-likeness (QED) is 0.925. The number of anilines is 1. The number of hydrogen-bond donors (Lipinski definition) is 1. The van der Waals surface area contributed by atoms with E-state index in [9.17, 15) is 4.79 Å².